The molecular weight excluding hydrogens is 334 g/mol. The minimum absolute atomic E-state index is 0.632. The number of hydrogen-bond donors (Lipinski definition) is 1. The molecular formula is C19H21N3O4. The summed E-state index contributed by atoms with van der Waals surface area (Å²) < 4.78 is 22.0. The Kier molecular flexibility index (Phi) is 4.64. The maximum Gasteiger partial charge on any atom is 0.185 e. The third-order valence-electron chi connectivity index (χ3n) is 4.42. The molecule has 4 rings (SSSR count). The molecule has 0 spiro atoms. The Morgan fingerprint density at radius 1 is 1.08 bits per heavy atom. The highest BCUT2D eigenvalue weighted by Gasteiger charge is 2.19. The van der Waals surface area contributed by atoms with Gasteiger partial charge in [0.25, 0.3) is 0 Å². The molecule has 0 unspecified atom stereocenters. The number of ether oxygens (including phenoxy) is 3. The van der Waals surface area contributed by atoms with Gasteiger partial charge in [0.05, 0.1) is 33.1 Å². The van der Waals surface area contributed by atoms with Gasteiger partial charge >= 0.3 is 0 Å². The third kappa shape index (κ3) is 3.07. The second-order valence-corrected chi connectivity index (χ2v) is 6.00. The molecule has 0 radical (unpaired) electrons. The number of nitrogens with one attached hydrogen (secondary N) is 1. The highest BCUT2D eigenvalue weighted by Crippen LogP contribution is 2.41. The number of morpholine rings is 1. The first-order valence-corrected chi connectivity index (χ1v) is 8.50. The number of fused-ring (bicyclic) bond motifs is 1. The molecule has 0 bridgehead atoms. The molecule has 1 aliphatic rings. The van der Waals surface area contributed by atoms with Crippen molar-refractivity contribution in [3.8, 4) is 22.8 Å². The maximum atomic E-state index is 5.58. The Balaban J connectivity index is 1.78. The molecule has 0 saturated carbocycles. The molecule has 0 atom stereocenters. The molecule has 3 aromatic rings. The highest BCUT2D eigenvalue weighted by atomic mass is 16.5. The van der Waals surface area contributed by atoms with Crippen LogP contribution in [0.3, 0.4) is 0 Å². The number of benzene rings is 2. The fourth-order valence-corrected chi connectivity index (χ4v) is 3.12. The number of methoxy groups -OCH3 is 2. The van der Waals surface area contributed by atoms with Crippen LogP contribution < -0.4 is 14.9 Å². The summed E-state index contributed by atoms with van der Waals surface area (Å²) in [5.41, 5.74) is 6.64. The quantitative estimate of drug-likeness (QED) is 0.754. The molecule has 1 aliphatic heterocycles. The van der Waals surface area contributed by atoms with Crippen LogP contribution in [0.25, 0.3) is 22.2 Å². The lowest BCUT2D eigenvalue weighted by molar-refractivity contribution is 0.0495. The van der Waals surface area contributed by atoms with Crippen LogP contribution in [-0.2, 0) is 4.74 Å². The van der Waals surface area contributed by atoms with E-state index in [1.807, 2.05) is 36.4 Å². The van der Waals surface area contributed by atoms with E-state index in [-0.39, 0.29) is 0 Å². The van der Waals surface area contributed by atoms with Crippen LogP contribution in [0.2, 0.25) is 0 Å². The second-order valence-electron chi connectivity index (χ2n) is 6.00. The Bertz CT molecular complexity index is 903. The normalized spacial score (nSPS) is 15.2. The van der Waals surface area contributed by atoms with Gasteiger partial charge in [-0.1, -0.05) is 17.3 Å². The fraction of sp³-hybridized carbons (Fsp3) is 0.316. The number of nitrogens with zero attached hydrogens (tertiary/aromatic N) is 2. The van der Waals surface area contributed by atoms with E-state index in [2.05, 4.69) is 15.6 Å². The van der Waals surface area contributed by atoms with Crippen LogP contribution in [-0.4, -0.2) is 50.7 Å². The molecule has 0 aliphatic carbocycles. The van der Waals surface area contributed by atoms with Gasteiger partial charge in [-0.05, 0) is 24.3 Å². The van der Waals surface area contributed by atoms with Crippen molar-refractivity contribution in [2.24, 2.45) is 0 Å². The Morgan fingerprint density at radius 2 is 1.88 bits per heavy atom. The summed E-state index contributed by atoms with van der Waals surface area (Å²) in [6.45, 7) is 2.98. The van der Waals surface area contributed by atoms with E-state index in [0.29, 0.717) is 24.7 Å². The minimum atomic E-state index is 0.632. The van der Waals surface area contributed by atoms with Crippen LogP contribution in [0.1, 0.15) is 0 Å². The molecule has 1 N–H and O–H groups in total. The van der Waals surface area contributed by atoms with Gasteiger partial charge in [0.1, 0.15) is 5.69 Å². The Hall–Kier alpha value is -2.77. The van der Waals surface area contributed by atoms with Crippen molar-refractivity contribution in [3.05, 3.63) is 36.4 Å². The summed E-state index contributed by atoms with van der Waals surface area (Å²) in [7, 11) is 3.26. The van der Waals surface area contributed by atoms with Crippen LogP contribution >= 0.6 is 0 Å². The van der Waals surface area contributed by atoms with Crippen molar-refractivity contribution < 1.29 is 18.7 Å². The zero-order valence-corrected chi connectivity index (χ0v) is 14.8. The minimum Gasteiger partial charge on any atom is -0.493 e. The molecule has 7 heteroatoms. The third-order valence-corrected chi connectivity index (χ3v) is 4.42. The van der Waals surface area contributed by atoms with Gasteiger partial charge in [-0.2, -0.15) is 0 Å². The number of para-hydroxylation sites is 1. The van der Waals surface area contributed by atoms with E-state index in [1.165, 1.54) is 0 Å². The van der Waals surface area contributed by atoms with Gasteiger partial charge in [-0.15, -0.1) is 0 Å². The van der Waals surface area contributed by atoms with Crippen LogP contribution in [0, 0.1) is 0 Å². The highest BCUT2D eigenvalue weighted by molar-refractivity contribution is 5.93. The zero-order chi connectivity index (χ0) is 17.9. The van der Waals surface area contributed by atoms with Gasteiger partial charge in [-0.25, -0.2) is 5.01 Å². The number of aromatic nitrogens is 1. The van der Waals surface area contributed by atoms with Crippen LogP contribution in [0.15, 0.2) is 40.9 Å². The smallest absolute Gasteiger partial charge is 0.185 e. The van der Waals surface area contributed by atoms with Gasteiger partial charge in [-0.3, -0.25) is 0 Å². The largest absolute Gasteiger partial charge is 0.493 e. The fourth-order valence-electron chi connectivity index (χ4n) is 3.12. The van der Waals surface area contributed by atoms with Crippen molar-refractivity contribution >= 4 is 16.7 Å². The number of hydrogen-bond acceptors (Lipinski definition) is 7. The summed E-state index contributed by atoms with van der Waals surface area (Å²) in [6, 6.07) is 11.7. The molecule has 0 amide bonds. The van der Waals surface area contributed by atoms with Crippen LogP contribution in [0.5, 0.6) is 11.5 Å². The number of anilines is 1. The van der Waals surface area contributed by atoms with Gasteiger partial charge in [0.2, 0.25) is 0 Å². The van der Waals surface area contributed by atoms with Crippen molar-refractivity contribution in [2.75, 3.05) is 45.9 Å². The van der Waals surface area contributed by atoms with E-state index in [1.54, 1.807) is 14.2 Å². The molecule has 1 aromatic heterocycles. The van der Waals surface area contributed by atoms with Gasteiger partial charge in [0.15, 0.2) is 17.1 Å². The first-order valence-electron chi connectivity index (χ1n) is 8.50. The van der Waals surface area contributed by atoms with E-state index in [4.69, 9.17) is 18.7 Å². The summed E-state index contributed by atoms with van der Waals surface area (Å²) in [4.78, 5) is 0. The van der Waals surface area contributed by atoms with Crippen molar-refractivity contribution in [1.29, 1.82) is 0 Å². The lowest BCUT2D eigenvalue weighted by Gasteiger charge is -2.29. The van der Waals surface area contributed by atoms with E-state index < -0.39 is 0 Å². The molecule has 7 nitrogen and oxygen atoms in total. The SMILES string of the molecule is COc1cc(-c2noc3ccccc23)cc(NN2CCOCC2)c1OC. The molecule has 2 heterocycles. The summed E-state index contributed by atoms with van der Waals surface area (Å²) >= 11 is 0. The average molecular weight is 355 g/mol. The van der Waals surface area contributed by atoms with E-state index in [9.17, 15) is 0 Å². The predicted octanol–water partition coefficient (Wildman–Crippen LogP) is 3.17. The van der Waals surface area contributed by atoms with Crippen LogP contribution in [0.4, 0.5) is 5.69 Å². The van der Waals surface area contributed by atoms with Crippen molar-refractivity contribution in [1.82, 2.24) is 10.2 Å². The summed E-state index contributed by atoms with van der Waals surface area (Å²) in [5.74, 6) is 1.28. The lowest BCUT2D eigenvalue weighted by atomic mass is 10.1. The van der Waals surface area contributed by atoms with E-state index >= 15 is 0 Å². The van der Waals surface area contributed by atoms with Gasteiger partial charge < -0.3 is 24.2 Å². The summed E-state index contributed by atoms with van der Waals surface area (Å²) in [6.07, 6.45) is 0. The first kappa shape index (κ1) is 16.7. The topological polar surface area (TPSA) is 69.0 Å². The molecule has 1 saturated heterocycles. The van der Waals surface area contributed by atoms with Gasteiger partial charge in [0, 0.05) is 24.0 Å². The Morgan fingerprint density at radius 3 is 2.65 bits per heavy atom. The lowest BCUT2D eigenvalue weighted by Crippen LogP contribution is -2.40. The van der Waals surface area contributed by atoms with E-state index in [0.717, 1.165) is 41.0 Å². The number of hydrazine groups is 1. The molecule has 26 heavy (non-hydrogen) atoms. The zero-order valence-electron chi connectivity index (χ0n) is 14.8. The maximum absolute atomic E-state index is 5.58. The summed E-state index contributed by atoms with van der Waals surface area (Å²) in [5, 5.41) is 7.31. The standard InChI is InChI=1S/C19H21N3O4/c1-23-17-12-13(18-14-5-3-4-6-16(14)26-21-18)11-15(19(17)24-2)20-22-7-9-25-10-8-22/h3-6,11-12,20H,7-10H2,1-2H3. The molecule has 1 fully saturated rings. The monoisotopic (exact) mass is 355 g/mol. The molecule has 2 aromatic carbocycles. The average Bonchev–Trinajstić information content (AvgIpc) is 3.12. The Labute approximate surface area is 151 Å². The van der Waals surface area contributed by atoms with Crippen molar-refractivity contribution in [3.63, 3.8) is 0 Å². The second kappa shape index (κ2) is 7.23. The predicted molar refractivity (Wildman–Crippen MR) is 98.6 cm³/mol. The van der Waals surface area contributed by atoms with Crippen molar-refractivity contribution in [2.45, 2.75) is 0 Å². The first-order chi connectivity index (χ1) is 12.8. The molecule has 136 valence electrons. The number of rotatable bonds is 5.